The Labute approximate surface area is 115 Å². The molecule has 6 nitrogen and oxygen atoms in total. The molecule has 1 aliphatic rings. The number of allylic oxidation sites excluding steroid dienone is 3. The maximum absolute atomic E-state index is 10.7. The first-order valence-corrected chi connectivity index (χ1v) is 5.56. The number of phenols is 2. The summed E-state index contributed by atoms with van der Waals surface area (Å²) in [5.41, 5.74) is 0. The van der Waals surface area contributed by atoms with Crippen LogP contribution in [0.3, 0.4) is 0 Å². The third-order valence-corrected chi connectivity index (χ3v) is 2.30. The van der Waals surface area contributed by atoms with Gasteiger partial charge in [-0.2, -0.15) is 0 Å². The molecule has 0 unspecified atom stereocenters. The minimum atomic E-state index is -0.262. The van der Waals surface area contributed by atoms with E-state index in [0.29, 0.717) is 0 Å². The average Bonchev–Trinajstić information content (AvgIpc) is 2.44. The van der Waals surface area contributed by atoms with E-state index in [0.717, 1.165) is 0 Å². The molecule has 2 rings (SSSR count). The van der Waals surface area contributed by atoms with Crippen LogP contribution in [0.25, 0.3) is 0 Å². The fraction of sp³-hybridized carbons (Fsp3) is 0.143. The van der Waals surface area contributed by atoms with Crippen molar-refractivity contribution in [2.45, 2.75) is 0 Å². The van der Waals surface area contributed by atoms with Gasteiger partial charge in [-0.05, 0) is 24.3 Å². The van der Waals surface area contributed by atoms with Crippen molar-refractivity contribution in [3.63, 3.8) is 0 Å². The Morgan fingerprint density at radius 1 is 1.00 bits per heavy atom. The minimum Gasteiger partial charge on any atom is -0.508 e. The van der Waals surface area contributed by atoms with Gasteiger partial charge in [0, 0.05) is 12.1 Å². The van der Waals surface area contributed by atoms with E-state index < -0.39 is 0 Å². The Kier molecular flexibility index (Phi) is 5.34. The molecule has 0 heterocycles. The molecule has 1 aromatic rings. The largest absolute Gasteiger partial charge is 0.508 e. The van der Waals surface area contributed by atoms with Crippen molar-refractivity contribution in [2.75, 3.05) is 14.2 Å². The lowest BCUT2D eigenvalue weighted by Crippen LogP contribution is -2.08. The van der Waals surface area contributed by atoms with Crippen LogP contribution >= 0.6 is 0 Å². The molecule has 0 amide bonds. The van der Waals surface area contributed by atoms with Gasteiger partial charge in [-0.15, -0.1) is 0 Å². The Bertz CT molecular complexity index is 571. The summed E-state index contributed by atoms with van der Waals surface area (Å²) in [7, 11) is 2.78. The molecule has 0 atom stereocenters. The summed E-state index contributed by atoms with van der Waals surface area (Å²) in [5, 5.41) is 17.9. The second kappa shape index (κ2) is 6.98. The molecule has 1 aliphatic carbocycles. The summed E-state index contributed by atoms with van der Waals surface area (Å²) in [5.74, 6) is 0.0148. The molecule has 6 heteroatoms. The van der Waals surface area contributed by atoms with Crippen molar-refractivity contribution in [1.29, 1.82) is 0 Å². The molecule has 106 valence electrons. The smallest absolute Gasteiger partial charge is 0.220 e. The fourth-order valence-electron chi connectivity index (χ4n) is 1.31. The lowest BCUT2D eigenvalue weighted by atomic mass is 10.1. The lowest BCUT2D eigenvalue weighted by Gasteiger charge is -2.02. The molecule has 20 heavy (non-hydrogen) atoms. The predicted molar refractivity (Wildman–Crippen MR) is 70.6 cm³/mol. The summed E-state index contributed by atoms with van der Waals surface area (Å²) in [4.78, 5) is 21.3. The van der Waals surface area contributed by atoms with Gasteiger partial charge in [0.15, 0.2) is 23.0 Å². The van der Waals surface area contributed by atoms with Crippen molar-refractivity contribution < 1.29 is 29.3 Å². The molecule has 0 saturated heterocycles. The maximum atomic E-state index is 10.7. The van der Waals surface area contributed by atoms with Crippen LogP contribution < -0.4 is 4.74 Å². The van der Waals surface area contributed by atoms with Gasteiger partial charge in [-0.3, -0.25) is 9.59 Å². The second-order valence-electron chi connectivity index (χ2n) is 3.67. The van der Waals surface area contributed by atoms with E-state index in [-0.39, 0.29) is 34.6 Å². The molecule has 0 aromatic heterocycles. The predicted octanol–water partition coefficient (Wildman–Crippen LogP) is 1.33. The van der Waals surface area contributed by atoms with E-state index in [1.807, 2.05) is 0 Å². The van der Waals surface area contributed by atoms with Crippen molar-refractivity contribution in [2.24, 2.45) is 0 Å². The summed E-state index contributed by atoms with van der Waals surface area (Å²) < 4.78 is 9.33. The van der Waals surface area contributed by atoms with Crippen molar-refractivity contribution in [1.82, 2.24) is 0 Å². The Morgan fingerprint density at radius 2 is 1.70 bits per heavy atom. The molecule has 0 fully saturated rings. The van der Waals surface area contributed by atoms with Crippen LogP contribution in [0, 0.1) is 0 Å². The Morgan fingerprint density at radius 3 is 2.20 bits per heavy atom. The quantitative estimate of drug-likeness (QED) is 0.626. The molecule has 0 aliphatic heterocycles. The first-order valence-electron chi connectivity index (χ1n) is 5.56. The summed E-state index contributed by atoms with van der Waals surface area (Å²) in [6, 6.07) is 4.10. The molecule has 2 N–H and O–H groups in total. The number of hydrogen-bond donors (Lipinski definition) is 2. The number of phenolic OH excluding ortho intramolecular Hbond substituents is 2. The van der Waals surface area contributed by atoms with Gasteiger partial charge in [-0.1, -0.05) is 0 Å². The van der Waals surface area contributed by atoms with Crippen LogP contribution in [0.15, 0.2) is 42.2 Å². The topological polar surface area (TPSA) is 93.1 Å². The van der Waals surface area contributed by atoms with E-state index in [4.69, 9.17) is 14.9 Å². The molecular formula is C14H14O6. The van der Waals surface area contributed by atoms with Gasteiger partial charge < -0.3 is 19.7 Å². The minimum absolute atomic E-state index is 0.0281. The van der Waals surface area contributed by atoms with Crippen molar-refractivity contribution >= 4 is 11.6 Å². The summed E-state index contributed by atoms with van der Waals surface area (Å²) >= 11 is 0. The number of hydrogen-bond acceptors (Lipinski definition) is 6. The van der Waals surface area contributed by atoms with Crippen LogP contribution in [0.4, 0.5) is 0 Å². The average molecular weight is 278 g/mol. The first kappa shape index (κ1) is 15.3. The van der Waals surface area contributed by atoms with Crippen LogP contribution in [-0.2, 0) is 14.3 Å². The van der Waals surface area contributed by atoms with Gasteiger partial charge in [0.25, 0.3) is 0 Å². The highest BCUT2D eigenvalue weighted by atomic mass is 16.5. The number of carbonyl (C=O) groups is 2. The third-order valence-electron chi connectivity index (χ3n) is 2.30. The zero-order valence-corrected chi connectivity index (χ0v) is 11.0. The van der Waals surface area contributed by atoms with Gasteiger partial charge in [0.05, 0.1) is 14.2 Å². The molecule has 0 radical (unpaired) electrons. The van der Waals surface area contributed by atoms with Crippen molar-refractivity contribution in [3.8, 4) is 17.2 Å². The van der Waals surface area contributed by atoms with E-state index in [1.54, 1.807) is 0 Å². The highest BCUT2D eigenvalue weighted by Gasteiger charge is 2.12. The molecule has 0 saturated carbocycles. The van der Waals surface area contributed by atoms with Gasteiger partial charge in [0.2, 0.25) is 5.78 Å². The Balaban J connectivity index is 0.000000200. The van der Waals surface area contributed by atoms with Crippen molar-refractivity contribution in [3.05, 3.63) is 42.2 Å². The van der Waals surface area contributed by atoms with Gasteiger partial charge in [0.1, 0.15) is 5.75 Å². The highest BCUT2D eigenvalue weighted by molar-refractivity contribution is 6.16. The number of rotatable bonds is 2. The van der Waals surface area contributed by atoms with Crippen LogP contribution in [0.5, 0.6) is 17.2 Å². The monoisotopic (exact) mass is 278 g/mol. The standard InChI is InChI=1S/C7H8O3.C7H6O3/c2*1-10-7-4-5(8)2-3-6(7)9/h2-4,8-9H,1H3;2-4H,1H3. The summed E-state index contributed by atoms with van der Waals surface area (Å²) in [6.07, 6.45) is 3.58. The fourth-order valence-corrected chi connectivity index (χ4v) is 1.31. The highest BCUT2D eigenvalue weighted by Crippen LogP contribution is 2.28. The number of benzene rings is 1. The Hall–Kier alpha value is -2.76. The number of ether oxygens (including phenoxy) is 2. The van der Waals surface area contributed by atoms with E-state index >= 15 is 0 Å². The van der Waals surface area contributed by atoms with E-state index in [1.165, 1.54) is 50.6 Å². The number of aromatic hydroxyl groups is 2. The molecule has 1 aromatic carbocycles. The van der Waals surface area contributed by atoms with Crippen LogP contribution in [0.2, 0.25) is 0 Å². The summed E-state index contributed by atoms with van der Waals surface area (Å²) in [6.45, 7) is 0. The SMILES string of the molecule is COC1=CC(=O)C=CC1=O.COc1cc(O)ccc1O. The maximum Gasteiger partial charge on any atom is 0.220 e. The van der Waals surface area contributed by atoms with Crippen LogP contribution in [0.1, 0.15) is 0 Å². The zero-order valence-electron chi connectivity index (χ0n) is 11.0. The van der Waals surface area contributed by atoms with Crippen LogP contribution in [-0.4, -0.2) is 36.0 Å². The second-order valence-corrected chi connectivity index (χ2v) is 3.67. The molecule has 0 spiro atoms. The molecular weight excluding hydrogens is 264 g/mol. The lowest BCUT2D eigenvalue weighted by molar-refractivity contribution is -0.116. The van der Waals surface area contributed by atoms with Gasteiger partial charge in [-0.25, -0.2) is 0 Å². The van der Waals surface area contributed by atoms with E-state index in [2.05, 4.69) is 4.74 Å². The number of methoxy groups -OCH3 is 2. The zero-order chi connectivity index (χ0) is 15.1. The van der Waals surface area contributed by atoms with Gasteiger partial charge >= 0.3 is 0 Å². The normalized spacial score (nSPS) is 13.2. The number of carbonyl (C=O) groups excluding carboxylic acids is 2. The first-order chi connectivity index (χ1) is 9.47. The molecule has 0 bridgehead atoms. The number of ketones is 2. The van der Waals surface area contributed by atoms with E-state index in [9.17, 15) is 9.59 Å². The third kappa shape index (κ3) is 4.16.